The largest absolute Gasteiger partial charge is 0.302 e. The lowest BCUT2D eigenvalue weighted by atomic mass is 10.1. The van der Waals surface area contributed by atoms with Crippen LogP contribution in [0.1, 0.15) is 5.56 Å². The second kappa shape index (κ2) is 6.66. The summed E-state index contributed by atoms with van der Waals surface area (Å²) >= 11 is 1.21. The molecule has 1 aromatic heterocycles. The number of benzene rings is 2. The van der Waals surface area contributed by atoms with Crippen LogP contribution in [0, 0.1) is 11.6 Å². The first-order chi connectivity index (χ1) is 11.1. The summed E-state index contributed by atoms with van der Waals surface area (Å²) in [5, 5.41) is 4.70. The summed E-state index contributed by atoms with van der Waals surface area (Å²) in [7, 11) is 0. The van der Waals surface area contributed by atoms with Gasteiger partial charge in [0.05, 0.1) is 12.1 Å². The molecule has 23 heavy (non-hydrogen) atoms. The van der Waals surface area contributed by atoms with E-state index in [-0.39, 0.29) is 24.0 Å². The quantitative estimate of drug-likeness (QED) is 0.776. The standard InChI is InChI=1S/C17H12F2N2OS/c18-12-5-3-4-11(8-12)9-16(22)21-17-20-15(10-23-17)13-6-1-2-7-14(13)19/h1-8,10H,9H2,(H,20,21,22). The molecule has 0 bridgehead atoms. The van der Waals surface area contributed by atoms with E-state index in [2.05, 4.69) is 10.3 Å². The van der Waals surface area contributed by atoms with Gasteiger partial charge in [-0.1, -0.05) is 24.3 Å². The molecule has 3 nitrogen and oxygen atoms in total. The zero-order valence-electron chi connectivity index (χ0n) is 11.9. The van der Waals surface area contributed by atoms with Gasteiger partial charge in [0.2, 0.25) is 5.91 Å². The highest BCUT2D eigenvalue weighted by molar-refractivity contribution is 7.14. The Kier molecular flexibility index (Phi) is 4.43. The fourth-order valence-electron chi connectivity index (χ4n) is 2.12. The van der Waals surface area contributed by atoms with Gasteiger partial charge < -0.3 is 5.32 Å². The van der Waals surface area contributed by atoms with Gasteiger partial charge in [0, 0.05) is 10.9 Å². The second-order valence-electron chi connectivity index (χ2n) is 4.87. The van der Waals surface area contributed by atoms with E-state index in [4.69, 9.17) is 0 Å². The Balaban J connectivity index is 1.69. The van der Waals surface area contributed by atoms with E-state index < -0.39 is 0 Å². The van der Waals surface area contributed by atoms with E-state index in [9.17, 15) is 13.6 Å². The van der Waals surface area contributed by atoms with Gasteiger partial charge in [0.25, 0.3) is 0 Å². The van der Waals surface area contributed by atoms with Gasteiger partial charge in [0.1, 0.15) is 11.6 Å². The average molecular weight is 330 g/mol. The molecule has 0 aliphatic heterocycles. The lowest BCUT2D eigenvalue weighted by Gasteiger charge is -2.02. The Hall–Kier alpha value is -2.60. The molecule has 2 aromatic carbocycles. The van der Waals surface area contributed by atoms with Gasteiger partial charge in [-0.25, -0.2) is 13.8 Å². The van der Waals surface area contributed by atoms with Gasteiger partial charge in [-0.05, 0) is 29.8 Å². The molecule has 0 unspecified atom stereocenters. The highest BCUT2D eigenvalue weighted by Crippen LogP contribution is 2.26. The predicted octanol–water partition coefficient (Wildman–Crippen LogP) is 4.27. The average Bonchev–Trinajstić information content (AvgIpc) is 2.95. The SMILES string of the molecule is O=C(Cc1cccc(F)c1)Nc1nc(-c2ccccc2F)cs1. The Morgan fingerprint density at radius 1 is 1.13 bits per heavy atom. The molecule has 3 rings (SSSR count). The van der Waals surface area contributed by atoms with Gasteiger partial charge in [-0.15, -0.1) is 11.3 Å². The number of hydrogen-bond donors (Lipinski definition) is 1. The van der Waals surface area contributed by atoms with E-state index in [0.717, 1.165) is 0 Å². The summed E-state index contributed by atoms with van der Waals surface area (Å²) in [6, 6.07) is 12.2. The first-order valence-corrected chi connectivity index (χ1v) is 7.74. The van der Waals surface area contributed by atoms with Crippen LogP contribution >= 0.6 is 11.3 Å². The minimum Gasteiger partial charge on any atom is -0.302 e. The number of anilines is 1. The number of aromatic nitrogens is 1. The van der Waals surface area contributed by atoms with Crippen molar-refractivity contribution in [2.24, 2.45) is 0 Å². The van der Waals surface area contributed by atoms with Crippen LogP contribution in [0.5, 0.6) is 0 Å². The zero-order valence-corrected chi connectivity index (χ0v) is 12.7. The van der Waals surface area contributed by atoms with Crippen molar-refractivity contribution >= 4 is 22.4 Å². The Bertz CT molecular complexity index is 848. The normalized spacial score (nSPS) is 10.5. The topological polar surface area (TPSA) is 42.0 Å². The number of nitrogens with one attached hydrogen (secondary N) is 1. The summed E-state index contributed by atoms with van der Waals surface area (Å²) in [5.74, 6) is -1.05. The van der Waals surface area contributed by atoms with Crippen LogP contribution in [0.2, 0.25) is 0 Å². The minimum absolute atomic E-state index is 0.0480. The summed E-state index contributed by atoms with van der Waals surface area (Å²) in [6.45, 7) is 0. The highest BCUT2D eigenvalue weighted by Gasteiger charge is 2.11. The van der Waals surface area contributed by atoms with Crippen LogP contribution < -0.4 is 5.32 Å². The molecule has 0 fully saturated rings. The molecule has 0 saturated heterocycles. The van der Waals surface area contributed by atoms with Crippen LogP contribution in [0.25, 0.3) is 11.3 Å². The van der Waals surface area contributed by atoms with Crippen LogP contribution in [0.15, 0.2) is 53.9 Å². The number of hydrogen-bond acceptors (Lipinski definition) is 3. The molecule has 0 spiro atoms. The maximum absolute atomic E-state index is 13.7. The summed E-state index contributed by atoms with van der Waals surface area (Å²) in [6.07, 6.45) is 0.0480. The van der Waals surface area contributed by atoms with Crippen molar-refractivity contribution in [3.63, 3.8) is 0 Å². The fourth-order valence-corrected chi connectivity index (χ4v) is 2.85. The Morgan fingerprint density at radius 3 is 2.74 bits per heavy atom. The molecule has 116 valence electrons. The molecular weight excluding hydrogens is 318 g/mol. The number of rotatable bonds is 4. The minimum atomic E-state index is -0.383. The van der Waals surface area contributed by atoms with E-state index >= 15 is 0 Å². The third kappa shape index (κ3) is 3.78. The van der Waals surface area contributed by atoms with Crippen LogP contribution in [-0.4, -0.2) is 10.9 Å². The summed E-state index contributed by atoms with van der Waals surface area (Å²) < 4.78 is 26.8. The maximum Gasteiger partial charge on any atom is 0.230 e. The van der Waals surface area contributed by atoms with E-state index in [1.165, 1.54) is 29.5 Å². The predicted molar refractivity (Wildman–Crippen MR) is 86.2 cm³/mol. The van der Waals surface area contributed by atoms with Gasteiger partial charge >= 0.3 is 0 Å². The molecule has 1 heterocycles. The second-order valence-corrected chi connectivity index (χ2v) is 5.73. The molecule has 3 aromatic rings. The lowest BCUT2D eigenvalue weighted by molar-refractivity contribution is -0.115. The third-order valence-electron chi connectivity index (χ3n) is 3.15. The molecule has 0 atom stereocenters. The third-order valence-corrected chi connectivity index (χ3v) is 3.91. The summed E-state index contributed by atoms with van der Waals surface area (Å²) in [5.41, 5.74) is 1.43. The lowest BCUT2D eigenvalue weighted by Crippen LogP contribution is -2.14. The van der Waals surface area contributed by atoms with E-state index in [1.807, 2.05) is 0 Å². The fraction of sp³-hybridized carbons (Fsp3) is 0.0588. The molecular formula is C17H12F2N2OS. The number of carbonyl (C=O) groups is 1. The molecule has 0 aliphatic rings. The highest BCUT2D eigenvalue weighted by atomic mass is 32.1. The van der Waals surface area contributed by atoms with Crippen molar-refractivity contribution < 1.29 is 13.6 Å². The molecule has 0 aliphatic carbocycles. The number of amides is 1. The van der Waals surface area contributed by atoms with Crippen molar-refractivity contribution in [2.75, 3.05) is 5.32 Å². The zero-order chi connectivity index (χ0) is 16.2. The van der Waals surface area contributed by atoms with E-state index in [0.29, 0.717) is 22.0 Å². The molecule has 0 radical (unpaired) electrons. The van der Waals surface area contributed by atoms with Crippen LogP contribution in [0.3, 0.4) is 0 Å². The molecule has 0 saturated carbocycles. The number of halogens is 2. The first-order valence-electron chi connectivity index (χ1n) is 6.86. The number of nitrogens with zero attached hydrogens (tertiary/aromatic N) is 1. The van der Waals surface area contributed by atoms with Crippen molar-refractivity contribution in [3.05, 3.63) is 71.1 Å². The number of carbonyl (C=O) groups excluding carboxylic acids is 1. The monoisotopic (exact) mass is 330 g/mol. The van der Waals surface area contributed by atoms with Crippen molar-refractivity contribution in [1.29, 1.82) is 0 Å². The maximum atomic E-state index is 13.7. The van der Waals surface area contributed by atoms with Gasteiger partial charge in [-0.2, -0.15) is 0 Å². The first kappa shape index (κ1) is 15.3. The van der Waals surface area contributed by atoms with Crippen LogP contribution in [-0.2, 0) is 11.2 Å². The van der Waals surface area contributed by atoms with Gasteiger partial charge in [-0.3, -0.25) is 4.79 Å². The van der Waals surface area contributed by atoms with Crippen molar-refractivity contribution in [1.82, 2.24) is 4.98 Å². The molecule has 1 amide bonds. The Morgan fingerprint density at radius 2 is 1.96 bits per heavy atom. The van der Waals surface area contributed by atoms with Gasteiger partial charge in [0.15, 0.2) is 5.13 Å². The van der Waals surface area contributed by atoms with Crippen molar-refractivity contribution in [3.8, 4) is 11.3 Å². The van der Waals surface area contributed by atoms with E-state index in [1.54, 1.807) is 35.7 Å². The van der Waals surface area contributed by atoms with Crippen LogP contribution in [0.4, 0.5) is 13.9 Å². The smallest absolute Gasteiger partial charge is 0.230 e. The molecule has 6 heteroatoms. The van der Waals surface area contributed by atoms with Crippen molar-refractivity contribution in [2.45, 2.75) is 6.42 Å². The Labute approximate surface area is 135 Å². The summed E-state index contributed by atoms with van der Waals surface area (Å²) in [4.78, 5) is 16.2. The molecule has 1 N–H and O–H groups in total. The number of thiazole rings is 1.